The molecule has 3 heterocycles. The predicted octanol–water partition coefficient (Wildman–Crippen LogP) is 10.8. The Morgan fingerprint density at radius 1 is 0.455 bits per heavy atom. The molecule has 6 aromatic carbocycles. The molecule has 3 heteroatoms. The molecule has 1 aliphatic heterocycles. The largest absolute Gasteiger partial charge is 0.317 e. The minimum atomic E-state index is -0.0876. The van der Waals surface area contributed by atoms with E-state index in [9.17, 15) is 0 Å². The van der Waals surface area contributed by atoms with Crippen LogP contribution in [-0.2, 0) is 5.41 Å². The summed E-state index contributed by atoms with van der Waals surface area (Å²) < 4.78 is 4.72. The molecule has 1 aliphatic rings. The summed E-state index contributed by atoms with van der Waals surface area (Å²) in [5.74, 6) is 0. The van der Waals surface area contributed by atoms with Gasteiger partial charge < -0.3 is 14.0 Å². The number of benzene rings is 6. The summed E-state index contributed by atoms with van der Waals surface area (Å²) in [7, 11) is 0. The van der Waals surface area contributed by atoms with Crippen LogP contribution in [0.25, 0.3) is 44.1 Å². The number of aromatic nitrogens is 2. The lowest BCUT2D eigenvalue weighted by Gasteiger charge is -2.42. The van der Waals surface area contributed by atoms with Gasteiger partial charge >= 0.3 is 0 Å². The van der Waals surface area contributed by atoms with Crippen molar-refractivity contribution in [1.82, 2.24) is 9.13 Å². The van der Waals surface area contributed by atoms with Gasteiger partial charge in [0.25, 0.3) is 0 Å². The molecule has 0 fully saturated rings. The maximum atomic E-state index is 2.44. The molecule has 2 aromatic heterocycles. The third kappa shape index (κ3) is 3.44. The lowest BCUT2D eigenvalue weighted by Crippen LogP contribution is -2.30. The van der Waals surface area contributed by atoms with E-state index in [-0.39, 0.29) is 5.41 Å². The van der Waals surface area contributed by atoms with Gasteiger partial charge in [-0.3, -0.25) is 0 Å². The lowest BCUT2D eigenvalue weighted by molar-refractivity contribution is 0.632. The van der Waals surface area contributed by atoms with E-state index in [0.717, 1.165) is 11.4 Å². The molecule has 0 N–H and O–H groups in total. The molecule has 0 saturated carbocycles. The van der Waals surface area contributed by atoms with Crippen molar-refractivity contribution in [2.45, 2.75) is 19.3 Å². The van der Waals surface area contributed by atoms with E-state index in [1.807, 2.05) is 0 Å². The minimum absolute atomic E-state index is 0.0876. The molecule has 0 spiro atoms. The lowest BCUT2D eigenvalue weighted by atomic mass is 9.73. The Labute approximate surface area is 256 Å². The van der Waals surface area contributed by atoms with Gasteiger partial charge in [0.2, 0.25) is 0 Å². The number of rotatable bonds is 3. The first-order chi connectivity index (χ1) is 21.6. The summed E-state index contributed by atoms with van der Waals surface area (Å²) in [5, 5.41) is 3.81. The van der Waals surface area contributed by atoms with Crippen molar-refractivity contribution in [3.8, 4) is 11.4 Å². The average molecular weight is 566 g/mol. The number of anilines is 3. The minimum Gasteiger partial charge on any atom is -0.317 e. The number of fused-ring (bicyclic) bond motifs is 7. The molecule has 0 amide bonds. The summed E-state index contributed by atoms with van der Waals surface area (Å²) in [6.07, 6.45) is 2.19. The second-order valence-corrected chi connectivity index (χ2v) is 12.3. The molecule has 210 valence electrons. The molecule has 9 rings (SSSR count). The van der Waals surface area contributed by atoms with Crippen molar-refractivity contribution >= 4 is 49.8 Å². The highest BCUT2D eigenvalue weighted by Gasteiger charge is 2.36. The third-order valence-corrected chi connectivity index (χ3v) is 9.52. The molecule has 0 saturated heterocycles. The molecule has 3 nitrogen and oxygen atoms in total. The highest BCUT2D eigenvalue weighted by molar-refractivity contribution is 6.21. The normalized spacial score (nSPS) is 13.8. The Balaban J connectivity index is 1.28. The fourth-order valence-electron chi connectivity index (χ4n) is 7.49. The first-order valence-corrected chi connectivity index (χ1v) is 15.3. The fraction of sp³-hybridized carbons (Fsp3) is 0.0732. The molecule has 0 radical (unpaired) electrons. The topological polar surface area (TPSA) is 13.1 Å². The van der Waals surface area contributed by atoms with E-state index in [1.165, 1.54) is 60.9 Å². The van der Waals surface area contributed by atoms with Crippen LogP contribution in [0.15, 0.2) is 152 Å². The van der Waals surface area contributed by atoms with Crippen molar-refractivity contribution in [2.75, 3.05) is 4.90 Å². The monoisotopic (exact) mass is 565 g/mol. The van der Waals surface area contributed by atoms with Crippen LogP contribution in [0.4, 0.5) is 17.1 Å². The van der Waals surface area contributed by atoms with Crippen molar-refractivity contribution in [2.24, 2.45) is 0 Å². The van der Waals surface area contributed by atoms with Gasteiger partial charge in [0.05, 0.1) is 27.9 Å². The number of nitrogens with zero attached hydrogens (tertiary/aromatic N) is 3. The van der Waals surface area contributed by atoms with Crippen LogP contribution in [0.5, 0.6) is 0 Å². The van der Waals surface area contributed by atoms with Crippen LogP contribution >= 0.6 is 0 Å². The molecule has 0 atom stereocenters. The van der Waals surface area contributed by atoms with Gasteiger partial charge in [-0.15, -0.1) is 0 Å². The van der Waals surface area contributed by atoms with E-state index in [2.05, 4.69) is 180 Å². The number of hydrogen-bond acceptors (Lipinski definition) is 1. The second-order valence-electron chi connectivity index (χ2n) is 12.3. The van der Waals surface area contributed by atoms with Gasteiger partial charge in [-0.25, -0.2) is 0 Å². The predicted molar refractivity (Wildman–Crippen MR) is 184 cm³/mol. The molecular weight excluding hydrogens is 534 g/mol. The second kappa shape index (κ2) is 9.23. The van der Waals surface area contributed by atoms with Gasteiger partial charge in [0.15, 0.2) is 0 Å². The summed E-state index contributed by atoms with van der Waals surface area (Å²) in [4.78, 5) is 2.44. The van der Waals surface area contributed by atoms with Crippen LogP contribution in [0.3, 0.4) is 0 Å². The molecule has 0 bridgehead atoms. The standard InChI is InChI=1S/C41H31N3/c1-41(2)33-18-7-10-21-37(33)44(38-22-11-8-19-34(38)41)30-16-12-15-29(27-30)43-36-20-9-6-17-31(36)40-32-25-26-42(28-13-4-3-5-14-28)35(32)23-24-39(40)43/h3-27H,1-2H3. The first-order valence-electron chi connectivity index (χ1n) is 15.3. The van der Waals surface area contributed by atoms with Crippen molar-refractivity contribution < 1.29 is 0 Å². The zero-order valence-electron chi connectivity index (χ0n) is 24.8. The van der Waals surface area contributed by atoms with Crippen LogP contribution in [0.2, 0.25) is 0 Å². The molecule has 0 aliphatic carbocycles. The van der Waals surface area contributed by atoms with Gasteiger partial charge in [-0.2, -0.15) is 0 Å². The van der Waals surface area contributed by atoms with Gasteiger partial charge in [0.1, 0.15) is 0 Å². The average Bonchev–Trinajstić information content (AvgIpc) is 3.65. The third-order valence-electron chi connectivity index (χ3n) is 9.52. The SMILES string of the molecule is CC1(C)c2ccccc2N(c2cccc(-n3c4ccccc4c4c5ccn(-c6ccccc6)c5ccc43)c2)c2ccccc21. The fourth-order valence-corrected chi connectivity index (χ4v) is 7.49. The number of hydrogen-bond donors (Lipinski definition) is 0. The summed E-state index contributed by atoms with van der Waals surface area (Å²) >= 11 is 0. The van der Waals surface area contributed by atoms with E-state index < -0.39 is 0 Å². The Bertz CT molecular complexity index is 2320. The van der Waals surface area contributed by atoms with Crippen molar-refractivity contribution in [3.05, 3.63) is 163 Å². The smallest absolute Gasteiger partial charge is 0.0548 e. The summed E-state index contributed by atoms with van der Waals surface area (Å²) in [6.45, 7) is 4.67. The van der Waals surface area contributed by atoms with Crippen LogP contribution in [0.1, 0.15) is 25.0 Å². The van der Waals surface area contributed by atoms with E-state index in [1.54, 1.807) is 0 Å². The van der Waals surface area contributed by atoms with Crippen molar-refractivity contribution in [1.29, 1.82) is 0 Å². The quantitative estimate of drug-likeness (QED) is 0.208. The molecule has 44 heavy (non-hydrogen) atoms. The molecular formula is C41H31N3. The Morgan fingerprint density at radius 3 is 1.82 bits per heavy atom. The summed E-state index contributed by atoms with van der Waals surface area (Å²) in [6, 6.07) is 52.9. The Kier molecular flexibility index (Phi) is 5.24. The van der Waals surface area contributed by atoms with Gasteiger partial charge in [0, 0.05) is 44.8 Å². The Hall–Kier alpha value is -5.54. The van der Waals surface area contributed by atoms with E-state index >= 15 is 0 Å². The molecule has 8 aromatic rings. The zero-order valence-corrected chi connectivity index (χ0v) is 24.8. The maximum Gasteiger partial charge on any atom is 0.0548 e. The molecule has 0 unspecified atom stereocenters. The highest BCUT2D eigenvalue weighted by atomic mass is 15.2. The maximum absolute atomic E-state index is 2.44. The Morgan fingerprint density at radius 2 is 1.05 bits per heavy atom. The first kappa shape index (κ1) is 25.0. The summed E-state index contributed by atoms with van der Waals surface area (Å²) in [5.41, 5.74) is 12.2. The zero-order chi connectivity index (χ0) is 29.4. The van der Waals surface area contributed by atoms with E-state index in [0.29, 0.717) is 0 Å². The highest BCUT2D eigenvalue weighted by Crippen LogP contribution is 2.52. The van der Waals surface area contributed by atoms with Crippen molar-refractivity contribution in [3.63, 3.8) is 0 Å². The van der Waals surface area contributed by atoms with Gasteiger partial charge in [-0.1, -0.05) is 92.7 Å². The van der Waals surface area contributed by atoms with Gasteiger partial charge in [-0.05, 0) is 77.9 Å². The van der Waals surface area contributed by atoms with Crippen LogP contribution in [-0.4, -0.2) is 9.13 Å². The van der Waals surface area contributed by atoms with Crippen LogP contribution < -0.4 is 4.90 Å². The van der Waals surface area contributed by atoms with Crippen LogP contribution in [0, 0.1) is 0 Å². The van der Waals surface area contributed by atoms with E-state index in [4.69, 9.17) is 0 Å². The number of para-hydroxylation sites is 4.